The molecule has 1 aromatic carbocycles. The summed E-state index contributed by atoms with van der Waals surface area (Å²) in [6.07, 6.45) is -0.154. The molecule has 0 aliphatic carbocycles. The number of nitrogens with zero attached hydrogens (tertiary/aromatic N) is 1. The van der Waals surface area contributed by atoms with Gasteiger partial charge in [0, 0.05) is 31.4 Å². The molecular weight excluding hydrogens is 294 g/mol. The number of methoxy groups -OCH3 is 1. The predicted molar refractivity (Wildman–Crippen MR) is 79.8 cm³/mol. The molecule has 0 saturated carbocycles. The first-order chi connectivity index (χ1) is 9.92. The van der Waals surface area contributed by atoms with E-state index in [4.69, 9.17) is 15.2 Å². The summed E-state index contributed by atoms with van der Waals surface area (Å²) in [6, 6.07) is 4.45. The number of nitrogen functional groups attached to an aromatic ring is 1. The number of benzene rings is 1. The number of anilines is 1. The van der Waals surface area contributed by atoms with Crippen LogP contribution in [0.4, 0.5) is 5.69 Å². The second kappa shape index (κ2) is 6.61. The minimum atomic E-state index is -3.67. The highest BCUT2D eigenvalue weighted by Crippen LogP contribution is 2.25. The molecule has 118 valence electrons. The van der Waals surface area contributed by atoms with Gasteiger partial charge < -0.3 is 20.1 Å². The Bertz CT molecular complexity index is 591. The van der Waals surface area contributed by atoms with Gasteiger partial charge in [-0.15, -0.1) is 0 Å². The van der Waals surface area contributed by atoms with Crippen LogP contribution in [0.3, 0.4) is 0 Å². The second-order valence-corrected chi connectivity index (χ2v) is 6.75. The summed E-state index contributed by atoms with van der Waals surface area (Å²) in [6.45, 7) is 2.38. The van der Waals surface area contributed by atoms with Crippen LogP contribution >= 0.6 is 0 Å². The maximum Gasteiger partial charge on any atom is 0.244 e. The van der Waals surface area contributed by atoms with Gasteiger partial charge in [0.15, 0.2) is 0 Å². The van der Waals surface area contributed by atoms with Crippen LogP contribution < -0.4 is 15.2 Å². The number of sulfonamides is 1. The maximum atomic E-state index is 12.3. The van der Waals surface area contributed by atoms with Crippen LogP contribution in [0.2, 0.25) is 0 Å². The average Bonchev–Trinajstić information content (AvgIpc) is 2.45. The Morgan fingerprint density at radius 2 is 2.29 bits per heavy atom. The lowest BCUT2D eigenvalue weighted by atomic mass is 10.3. The Morgan fingerprint density at radius 1 is 1.52 bits per heavy atom. The topological polar surface area (TPSA) is 93.9 Å². The Labute approximate surface area is 125 Å². The molecule has 1 atom stereocenters. The molecule has 7 nitrogen and oxygen atoms in total. The summed E-state index contributed by atoms with van der Waals surface area (Å²) < 4.78 is 37.9. The molecule has 1 aliphatic heterocycles. The van der Waals surface area contributed by atoms with Gasteiger partial charge in [0.2, 0.25) is 10.0 Å². The number of ether oxygens (including phenoxy) is 2. The van der Waals surface area contributed by atoms with Crippen molar-refractivity contribution in [2.24, 2.45) is 0 Å². The highest BCUT2D eigenvalue weighted by atomic mass is 32.2. The van der Waals surface area contributed by atoms with E-state index in [1.165, 1.54) is 25.3 Å². The molecule has 0 aromatic heterocycles. The van der Waals surface area contributed by atoms with Crippen molar-refractivity contribution in [1.82, 2.24) is 9.62 Å². The van der Waals surface area contributed by atoms with Crippen molar-refractivity contribution in [2.75, 3.05) is 46.1 Å². The van der Waals surface area contributed by atoms with Crippen molar-refractivity contribution in [3.05, 3.63) is 18.2 Å². The first-order valence-corrected chi connectivity index (χ1v) is 8.14. The molecule has 0 amide bonds. The Morgan fingerprint density at radius 3 is 2.95 bits per heavy atom. The van der Waals surface area contributed by atoms with Crippen LogP contribution in [0.1, 0.15) is 0 Å². The highest BCUT2D eigenvalue weighted by molar-refractivity contribution is 7.89. The van der Waals surface area contributed by atoms with E-state index < -0.39 is 10.0 Å². The fourth-order valence-electron chi connectivity index (χ4n) is 2.18. The quantitative estimate of drug-likeness (QED) is 0.736. The smallest absolute Gasteiger partial charge is 0.244 e. The maximum absolute atomic E-state index is 12.3. The highest BCUT2D eigenvalue weighted by Gasteiger charge is 2.23. The molecule has 2 rings (SSSR count). The fraction of sp³-hybridized carbons (Fsp3) is 0.538. The van der Waals surface area contributed by atoms with E-state index in [-0.39, 0.29) is 23.3 Å². The van der Waals surface area contributed by atoms with Crippen molar-refractivity contribution in [3.63, 3.8) is 0 Å². The molecule has 0 bridgehead atoms. The van der Waals surface area contributed by atoms with Crippen molar-refractivity contribution < 1.29 is 17.9 Å². The normalized spacial score (nSPS) is 20.4. The van der Waals surface area contributed by atoms with Crippen LogP contribution in [-0.2, 0) is 14.8 Å². The zero-order valence-electron chi connectivity index (χ0n) is 12.2. The van der Waals surface area contributed by atoms with Gasteiger partial charge in [-0.2, -0.15) is 0 Å². The summed E-state index contributed by atoms with van der Waals surface area (Å²) in [7, 11) is -0.277. The number of hydrogen-bond donors (Lipinski definition) is 2. The second-order valence-electron chi connectivity index (χ2n) is 5.02. The lowest BCUT2D eigenvalue weighted by molar-refractivity contribution is -0.0156. The summed E-state index contributed by atoms with van der Waals surface area (Å²) in [5, 5.41) is 0. The summed E-state index contributed by atoms with van der Waals surface area (Å²) >= 11 is 0. The number of likely N-dealkylation sites (N-methyl/N-ethyl adjacent to an activating group) is 1. The van der Waals surface area contributed by atoms with Gasteiger partial charge in [0.25, 0.3) is 0 Å². The minimum Gasteiger partial charge on any atom is -0.495 e. The van der Waals surface area contributed by atoms with Crippen LogP contribution in [-0.4, -0.2) is 59.8 Å². The van der Waals surface area contributed by atoms with Gasteiger partial charge in [-0.05, 0) is 19.2 Å². The Balaban J connectivity index is 2.08. The molecule has 0 spiro atoms. The number of hydrogen-bond acceptors (Lipinski definition) is 6. The van der Waals surface area contributed by atoms with Gasteiger partial charge in [-0.25, -0.2) is 13.1 Å². The summed E-state index contributed by atoms with van der Waals surface area (Å²) in [5.74, 6) is 0.226. The molecule has 1 aromatic rings. The lowest BCUT2D eigenvalue weighted by Gasteiger charge is -2.30. The number of nitrogens with two attached hydrogens (primary N) is 1. The number of rotatable bonds is 5. The first kappa shape index (κ1) is 16.0. The largest absolute Gasteiger partial charge is 0.495 e. The monoisotopic (exact) mass is 315 g/mol. The van der Waals surface area contributed by atoms with E-state index in [0.717, 1.165) is 6.54 Å². The van der Waals surface area contributed by atoms with E-state index in [1.807, 2.05) is 7.05 Å². The standard InChI is InChI=1S/C13H21N3O4S/c1-16-5-6-20-11(9-16)8-15-21(17,18)13-4-3-10(14)7-12(13)19-2/h3-4,7,11,15H,5-6,8-9,14H2,1-2H3. The summed E-state index contributed by atoms with van der Waals surface area (Å²) in [5.41, 5.74) is 6.08. The average molecular weight is 315 g/mol. The van der Waals surface area contributed by atoms with Gasteiger partial charge in [-0.3, -0.25) is 0 Å². The summed E-state index contributed by atoms with van der Waals surface area (Å²) in [4.78, 5) is 2.18. The van der Waals surface area contributed by atoms with E-state index in [2.05, 4.69) is 9.62 Å². The van der Waals surface area contributed by atoms with Gasteiger partial charge in [0.1, 0.15) is 10.6 Å². The third-order valence-electron chi connectivity index (χ3n) is 3.32. The molecular formula is C13H21N3O4S. The third kappa shape index (κ3) is 4.07. The Hall–Kier alpha value is -1.35. The van der Waals surface area contributed by atoms with E-state index in [0.29, 0.717) is 18.8 Å². The van der Waals surface area contributed by atoms with Crippen molar-refractivity contribution in [1.29, 1.82) is 0 Å². The molecule has 0 radical (unpaired) electrons. The van der Waals surface area contributed by atoms with Crippen LogP contribution in [0, 0.1) is 0 Å². The lowest BCUT2D eigenvalue weighted by Crippen LogP contribution is -2.45. The molecule has 1 aliphatic rings. The molecule has 1 fully saturated rings. The molecule has 3 N–H and O–H groups in total. The number of morpholine rings is 1. The zero-order chi connectivity index (χ0) is 15.5. The van der Waals surface area contributed by atoms with Crippen LogP contribution in [0.15, 0.2) is 23.1 Å². The fourth-order valence-corrected chi connectivity index (χ4v) is 3.39. The molecule has 1 saturated heterocycles. The third-order valence-corrected chi connectivity index (χ3v) is 4.78. The van der Waals surface area contributed by atoms with E-state index >= 15 is 0 Å². The van der Waals surface area contributed by atoms with E-state index in [9.17, 15) is 8.42 Å². The molecule has 8 heteroatoms. The zero-order valence-corrected chi connectivity index (χ0v) is 13.0. The van der Waals surface area contributed by atoms with Gasteiger partial charge in [0.05, 0.1) is 19.8 Å². The molecule has 1 heterocycles. The first-order valence-electron chi connectivity index (χ1n) is 6.65. The van der Waals surface area contributed by atoms with Gasteiger partial charge >= 0.3 is 0 Å². The SMILES string of the molecule is COc1cc(N)ccc1S(=O)(=O)NCC1CN(C)CCO1. The van der Waals surface area contributed by atoms with Crippen LogP contribution in [0.25, 0.3) is 0 Å². The van der Waals surface area contributed by atoms with Crippen molar-refractivity contribution in [3.8, 4) is 5.75 Å². The van der Waals surface area contributed by atoms with E-state index in [1.54, 1.807) is 0 Å². The number of nitrogens with one attached hydrogen (secondary N) is 1. The van der Waals surface area contributed by atoms with Crippen molar-refractivity contribution >= 4 is 15.7 Å². The van der Waals surface area contributed by atoms with Crippen LogP contribution in [0.5, 0.6) is 5.75 Å². The Kier molecular flexibility index (Phi) is 5.04. The van der Waals surface area contributed by atoms with Crippen molar-refractivity contribution in [2.45, 2.75) is 11.0 Å². The molecule has 1 unspecified atom stereocenters. The van der Waals surface area contributed by atoms with Gasteiger partial charge in [-0.1, -0.05) is 0 Å². The molecule has 21 heavy (non-hydrogen) atoms. The predicted octanol–water partition coefficient (Wildman–Crippen LogP) is -0.114. The minimum absolute atomic E-state index is 0.0726.